The molecule has 2 rings (SSSR count). The SMILES string of the molecule is CCOC(=O)Nc1cccc(C(=O)NC[C@H](C)N2C[C@@H](C)O[C@@H](C)C2)c1. The number of amides is 2. The Morgan fingerprint density at radius 1 is 1.31 bits per heavy atom. The second-order valence-corrected chi connectivity index (χ2v) is 6.70. The fourth-order valence-electron chi connectivity index (χ4n) is 3.07. The van der Waals surface area contributed by atoms with Crippen LogP contribution in [0.15, 0.2) is 24.3 Å². The molecule has 2 amide bonds. The lowest BCUT2D eigenvalue weighted by Gasteiger charge is -2.39. The number of hydrogen-bond acceptors (Lipinski definition) is 5. The molecule has 0 radical (unpaired) electrons. The van der Waals surface area contributed by atoms with E-state index in [9.17, 15) is 9.59 Å². The van der Waals surface area contributed by atoms with E-state index in [4.69, 9.17) is 9.47 Å². The van der Waals surface area contributed by atoms with Crippen LogP contribution in [0, 0.1) is 0 Å². The molecule has 1 heterocycles. The predicted octanol–water partition coefficient (Wildman–Crippen LogP) is 2.48. The molecule has 144 valence electrons. The summed E-state index contributed by atoms with van der Waals surface area (Å²) in [7, 11) is 0. The third-order valence-electron chi connectivity index (χ3n) is 4.28. The lowest BCUT2D eigenvalue weighted by atomic mass is 10.1. The van der Waals surface area contributed by atoms with Crippen LogP contribution >= 0.6 is 0 Å². The molecule has 0 aliphatic carbocycles. The zero-order valence-corrected chi connectivity index (χ0v) is 16.0. The van der Waals surface area contributed by atoms with Gasteiger partial charge in [0.05, 0.1) is 18.8 Å². The van der Waals surface area contributed by atoms with Crippen molar-refractivity contribution in [3.63, 3.8) is 0 Å². The highest BCUT2D eigenvalue weighted by molar-refractivity contribution is 5.96. The van der Waals surface area contributed by atoms with Gasteiger partial charge in [-0.05, 0) is 45.9 Å². The van der Waals surface area contributed by atoms with Gasteiger partial charge in [-0.1, -0.05) is 6.07 Å². The number of carbonyl (C=O) groups excluding carboxylic acids is 2. The average Bonchev–Trinajstić information content (AvgIpc) is 2.59. The zero-order valence-electron chi connectivity index (χ0n) is 16.0. The third-order valence-corrected chi connectivity index (χ3v) is 4.28. The van der Waals surface area contributed by atoms with Gasteiger partial charge in [0, 0.05) is 36.9 Å². The molecule has 7 nitrogen and oxygen atoms in total. The van der Waals surface area contributed by atoms with Crippen LogP contribution in [-0.2, 0) is 9.47 Å². The van der Waals surface area contributed by atoms with Crippen molar-refractivity contribution in [1.82, 2.24) is 10.2 Å². The molecule has 0 unspecified atom stereocenters. The van der Waals surface area contributed by atoms with Gasteiger partial charge in [-0.25, -0.2) is 4.79 Å². The van der Waals surface area contributed by atoms with Crippen LogP contribution in [0.25, 0.3) is 0 Å². The first kappa shape index (κ1) is 20.2. The van der Waals surface area contributed by atoms with E-state index < -0.39 is 6.09 Å². The molecule has 3 atom stereocenters. The monoisotopic (exact) mass is 363 g/mol. The Morgan fingerprint density at radius 3 is 2.65 bits per heavy atom. The molecule has 1 aliphatic heterocycles. The maximum absolute atomic E-state index is 12.4. The summed E-state index contributed by atoms with van der Waals surface area (Å²) >= 11 is 0. The first-order valence-corrected chi connectivity index (χ1v) is 9.10. The van der Waals surface area contributed by atoms with Crippen LogP contribution in [0.1, 0.15) is 38.1 Å². The molecule has 0 aromatic heterocycles. The van der Waals surface area contributed by atoms with Gasteiger partial charge in [0.15, 0.2) is 0 Å². The number of rotatable bonds is 6. The standard InChI is InChI=1S/C19H29N3O4/c1-5-25-19(24)21-17-8-6-7-16(9-17)18(23)20-10-13(2)22-11-14(3)26-15(4)12-22/h6-9,13-15H,5,10-12H2,1-4H3,(H,20,23)(H,21,24)/t13-,14-,15+/m0/s1. The third kappa shape index (κ3) is 6.00. The highest BCUT2D eigenvalue weighted by Crippen LogP contribution is 2.14. The molecule has 0 spiro atoms. The van der Waals surface area contributed by atoms with E-state index in [1.165, 1.54) is 0 Å². The molecule has 1 saturated heterocycles. The second-order valence-electron chi connectivity index (χ2n) is 6.70. The summed E-state index contributed by atoms with van der Waals surface area (Å²) in [4.78, 5) is 26.2. The molecule has 7 heteroatoms. The van der Waals surface area contributed by atoms with Crippen LogP contribution in [0.5, 0.6) is 0 Å². The molecule has 0 saturated carbocycles. The van der Waals surface area contributed by atoms with Gasteiger partial charge < -0.3 is 14.8 Å². The Balaban J connectivity index is 1.88. The summed E-state index contributed by atoms with van der Waals surface area (Å²) in [5.41, 5.74) is 1.02. The Morgan fingerprint density at radius 2 is 2.00 bits per heavy atom. The second kappa shape index (κ2) is 9.54. The largest absolute Gasteiger partial charge is 0.450 e. The van der Waals surface area contributed by atoms with Crippen LogP contribution < -0.4 is 10.6 Å². The maximum Gasteiger partial charge on any atom is 0.411 e. The summed E-state index contributed by atoms with van der Waals surface area (Å²) in [6.45, 7) is 10.5. The summed E-state index contributed by atoms with van der Waals surface area (Å²) in [6.07, 6.45) is -0.140. The summed E-state index contributed by atoms with van der Waals surface area (Å²) in [5, 5.41) is 5.57. The van der Waals surface area contributed by atoms with Gasteiger partial charge in [0.2, 0.25) is 0 Å². The molecule has 2 N–H and O–H groups in total. The number of anilines is 1. The van der Waals surface area contributed by atoms with Crippen molar-refractivity contribution in [3.05, 3.63) is 29.8 Å². The van der Waals surface area contributed by atoms with Crippen molar-refractivity contribution >= 4 is 17.7 Å². The summed E-state index contributed by atoms with van der Waals surface area (Å²) in [6, 6.07) is 7.01. The van der Waals surface area contributed by atoms with E-state index in [2.05, 4.69) is 36.3 Å². The molecular formula is C19H29N3O4. The summed E-state index contributed by atoms with van der Waals surface area (Å²) < 4.78 is 10.6. The first-order valence-electron chi connectivity index (χ1n) is 9.10. The highest BCUT2D eigenvalue weighted by atomic mass is 16.5. The molecule has 1 aromatic rings. The van der Waals surface area contributed by atoms with Crippen LogP contribution in [0.4, 0.5) is 10.5 Å². The van der Waals surface area contributed by atoms with Crippen molar-refractivity contribution in [1.29, 1.82) is 0 Å². The lowest BCUT2D eigenvalue weighted by Crippen LogP contribution is -2.52. The van der Waals surface area contributed by atoms with Crippen molar-refractivity contribution < 1.29 is 19.1 Å². The minimum absolute atomic E-state index is 0.168. The fourth-order valence-corrected chi connectivity index (χ4v) is 3.07. The Kier molecular flexibility index (Phi) is 7.41. The quantitative estimate of drug-likeness (QED) is 0.812. The van der Waals surface area contributed by atoms with E-state index in [1.807, 2.05) is 0 Å². The smallest absolute Gasteiger partial charge is 0.411 e. The molecule has 1 aliphatic rings. The number of hydrogen-bond donors (Lipinski definition) is 2. The Labute approximate surface area is 155 Å². The van der Waals surface area contributed by atoms with Gasteiger partial charge in [-0.3, -0.25) is 15.0 Å². The van der Waals surface area contributed by atoms with Crippen LogP contribution in [0.2, 0.25) is 0 Å². The highest BCUT2D eigenvalue weighted by Gasteiger charge is 2.25. The number of nitrogens with one attached hydrogen (secondary N) is 2. The van der Waals surface area contributed by atoms with Crippen LogP contribution in [-0.4, -0.2) is 61.4 Å². The maximum atomic E-state index is 12.4. The van der Waals surface area contributed by atoms with E-state index in [1.54, 1.807) is 31.2 Å². The Hall–Kier alpha value is -2.12. The number of nitrogens with zero attached hydrogens (tertiary/aromatic N) is 1. The minimum Gasteiger partial charge on any atom is -0.450 e. The topological polar surface area (TPSA) is 79.9 Å². The predicted molar refractivity (Wildman–Crippen MR) is 100 cm³/mol. The zero-order chi connectivity index (χ0) is 19.1. The molecule has 1 fully saturated rings. The van der Waals surface area contributed by atoms with E-state index in [-0.39, 0.29) is 24.2 Å². The van der Waals surface area contributed by atoms with Gasteiger partial charge >= 0.3 is 6.09 Å². The number of benzene rings is 1. The molecule has 26 heavy (non-hydrogen) atoms. The van der Waals surface area contributed by atoms with E-state index in [0.29, 0.717) is 24.4 Å². The van der Waals surface area contributed by atoms with Gasteiger partial charge in [0.25, 0.3) is 5.91 Å². The Bertz CT molecular complexity index is 613. The minimum atomic E-state index is -0.533. The number of carbonyl (C=O) groups is 2. The number of morpholine rings is 1. The van der Waals surface area contributed by atoms with Crippen LogP contribution in [0.3, 0.4) is 0 Å². The van der Waals surface area contributed by atoms with Gasteiger partial charge in [-0.15, -0.1) is 0 Å². The van der Waals surface area contributed by atoms with Gasteiger partial charge in [-0.2, -0.15) is 0 Å². The first-order chi connectivity index (χ1) is 12.4. The molecular weight excluding hydrogens is 334 g/mol. The fraction of sp³-hybridized carbons (Fsp3) is 0.579. The van der Waals surface area contributed by atoms with Crippen molar-refractivity contribution in [2.45, 2.75) is 45.9 Å². The normalized spacial score (nSPS) is 21.7. The van der Waals surface area contributed by atoms with Crippen molar-refractivity contribution in [2.75, 3.05) is 31.6 Å². The van der Waals surface area contributed by atoms with Crippen molar-refractivity contribution in [2.24, 2.45) is 0 Å². The average molecular weight is 363 g/mol. The van der Waals surface area contributed by atoms with Gasteiger partial charge in [0.1, 0.15) is 0 Å². The molecule has 0 bridgehead atoms. The van der Waals surface area contributed by atoms with E-state index in [0.717, 1.165) is 13.1 Å². The molecule has 1 aromatic carbocycles. The lowest BCUT2D eigenvalue weighted by molar-refractivity contribution is -0.0778. The van der Waals surface area contributed by atoms with E-state index >= 15 is 0 Å². The number of ether oxygens (including phenoxy) is 2. The van der Waals surface area contributed by atoms with Crippen molar-refractivity contribution in [3.8, 4) is 0 Å². The summed E-state index contributed by atoms with van der Waals surface area (Å²) in [5.74, 6) is -0.168.